The van der Waals surface area contributed by atoms with Crippen molar-refractivity contribution in [2.75, 3.05) is 18.6 Å². The molecule has 0 aliphatic carbocycles. The molecule has 2 heterocycles. The number of benzene rings is 1. The number of carboxylic acids is 1. The summed E-state index contributed by atoms with van der Waals surface area (Å²) in [6.07, 6.45) is 0.252. The van der Waals surface area contributed by atoms with Crippen LogP contribution in [0.15, 0.2) is 35.1 Å². The van der Waals surface area contributed by atoms with Crippen LogP contribution in [0.3, 0.4) is 0 Å². The van der Waals surface area contributed by atoms with Crippen LogP contribution in [0, 0.1) is 0 Å². The van der Waals surface area contributed by atoms with Gasteiger partial charge in [0.25, 0.3) is 5.56 Å². The van der Waals surface area contributed by atoms with Gasteiger partial charge in [0.1, 0.15) is 11.9 Å². The molecule has 0 saturated carbocycles. The Hall–Kier alpha value is -2.34. The summed E-state index contributed by atoms with van der Waals surface area (Å²) >= 11 is 0. The normalized spacial score (nSPS) is 21.9. The van der Waals surface area contributed by atoms with Crippen LogP contribution in [0.5, 0.6) is 0 Å². The van der Waals surface area contributed by atoms with Crippen LogP contribution in [0.2, 0.25) is 0 Å². The van der Waals surface area contributed by atoms with Gasteiger partial charge in [-0.25, -0.2) is 4.79 Å². The van der Waals surface area contributed by atoms with Crippen molar-refractivity contribution in [1.29, 1.82) is 0 Å². The summed E-state index contributed by atoms with van der Waals surface area (Å²) in [6.45, 7) is 0.446. The SMILES string of the molecule is COC1CC(C(=O)O)N(c2cc3ccccc3c(=O)[nH]2)C1. The molecule has 1 aromatic carbocycles. The Kier molecular flexibility index (Phi) is 3.39. The van der Waals surface area contributed by atoms with Crippen LogP contribution in [0.1, 0.15) is 6.42 Å². The van der Waals surface area contributed by atoms with Crippen LogP contribution in [0.25, 0.3) is 10.8 Å². The third-order valence-electron chi connectivity index (χ3n) is 3.93. The molecule has 0 radical (unpaired) electrons. The van der Waals surface area contributed by atoms with Crippen molar-refractivity contribution in [1.82, 2.24) is 4.98 Å². The molecule has 2 N–H and O–H groups in total. The second-order valence-corrected chi connectivity index (χ2v) is 5.17. The van der Waals surface area contributed by atoms with Crippen LogP contribution < -0.4 is 10.5 Å². The first-order valence-electron chi connectivity index (χ1n) is 6.74. The topological polar surface area (TPSA) is 82.6 Å². The lowest BCUT2D eigenvalue weighted by molar-refractivity contribution is -0.138. The first-order valence-corrected chi connectivity index (χ1v) is 6.74. The molecule has 6 nitrogen and oxygen atoms in total. The molecule has 1 aromatic heterocycles. The number of hydrogen-bond acceptors (Lipinski definition) is 4. The third-order valence-corrected chi connectivity index (χ3v) is 3.93. The Morgan fingerprint density at radius 2 is 2.19 bits per heavy atom. The molecule has 110 valence electrons. The lowest BCUT2D eigenvalue weighted by Crippen LogP contribution is -2.37. The average molecular weight is 288 g/mol. The second kappa shape index (κ2) is 5.21. The van der Waals surface area contributed by atoms with E-state index < -0.39 is 12.0 Å². The summed E-state index contributed by atoms with van der Waals surface area (Å²) in [5, 5.41) is 10.7. The molecule has 0 spiro atoms. The fourth-order valence-electron chi connectivity index (χ4n) is 2.82. The maximum absolute atomic E-state index is 12.1. The van der Waals surface area contributed by atoms with E-state index in [2.05, 4.69) is 4.98 Å². The third kappa shape index (κ3) is 2.38. The number of carbonyl (C=O) groups is 1. The summed E-state index contributed by atoms with van der Waals surface area (Å²) in [5.74, 6) is -0.394. The number of pyridine rings is 1. The molecule has 3 rings (SSSR count). The van der Waals surface area contributed by atoms with Crippen LogP contribution in [0.4, 0.5) is 5.82 Å². The highest BCUT2D eigenvalue weighted by atomic mass is 16.5. The number of ether oxygens (including phenoxy) is 1. The summed E-state index contributed by atoms with van der Waals surface area (Å²) in [6, 6.07) is 8.36. The number of fused-ring (bicyclic) bond motifs is 1. The summed E-state index contributed by atoms with van der Waals surface area (Å²) < 4.78 is 5.26. The Balaban J connectivity index is 2.06. The van der Waals surface area contributed by atoms with Gasteiger partial charge < -0.3 is 19.7 Å². The Labute approximate surface area is 121 Å². The molecule has 1 aliphatic rings. The number of methoxy groups -OCH3 is 1. The van der Waals surface area contributed by atoms with E-state index in [-0.39, 0.29) is 11.7 Å². The van der Waals surface area contributed by atoms with E-state index in [1.807, 2.05) is 18.2 Å². The number of hydrogen-bond donors (Lipinski definition) is 2. The van der Waals surface area contributed by atoms with E-state index in [1.165, 1.54) is 0 Å². The van der Waals surface area contributed by atoms with Gasteiger partial charge in [-0.05, 0) is 17.5 Å². The standard InChI is InChI=1S/C15H16N2O4/c1-21-10-7-12(15(19)20)17(8-10)13-6-9-4-2-3-5-11(9)14(18)16-13/h2-6,10,12H,7-8H2,1H3,(H,16,18)(H,19,20). The van der Waals surface area contributed by atoms with Crippen molar-refractivity contribution >= 4 is 22.6 Å². The molecule has 0 bridgehead atoms. The highest BCUT2D eigenvalue weighted by Gasteiger charge is 2.37. The van der Waals surface area contributed by atoms with Crippen LogP contribution in [-0.4, -0.2) is 41.9 Å². The van der Waals surface area contributed by atoms with Crippen LogP contribution in [-0.2, 0) is 9.53 Å². The molecule has 1 fully saturated rings. The molecule has 21 heavy (non-hydrogen) atoms. The predicted octanol–water partition coefficient (Wildman–Crippen LogP) is 1.21. The van der Waals surface area contributed by atoms with Crippen molar-refractivity contribution < 1.29 is 14.6 Å². The predicted molar refractivity (Wildman–Crippen MR) is 78.8 cm³/mol. The monoisotopic (exact) mass is 288 g/mol. The van der Waals surface area contributed by atoms with Crippen molar-refractivity contribution in [3.63, 3.8) is 0 Å². The Bertz CT molecular complexity index is 740. The van der Waals surface area contributed by atoms with E-state index in [4.69, 9.17) is 4.74 Å². The van der Waals surface area contributed by atoms with Gasteiger partial charge in [-0.3, -0.25) is 4.79 Å². The average Bonchev–Trinajstić information content (AvgIpc) is 2.92. The quantitative estimate of drug-likeness (QED) is 0.887. The number of aromatic nitrogens is 1. The van der Waals surface area contributed by atoms with Gasteiger partial charge >= 0.3 is 5.97 Å². The van der Waals surface area contributed by atoms with Gasteiger partial charge in [0.15, 0.2) is 0 Å². The first-order chi connectivity index (χ1) is 10.1. The van der Waals surface area contributed by atoms with Gasteiger partial charge in [-0.15, -0.1) is 0 Å². The zero-order chi connectivity index (χ0) is 15.0. The Morgan fingerprint density at radius 1 is 1.43 bits per heavy atom. The fourth-order valence-corrected chi connectivity index (χ4v) is 2.82. The largest absolute Gasteiger partial charge is 0.480 e. The van der Waals surface area contributed by atoms with Gasteiger partial charge in [0.2, 0.25) is 0 Å². The number of anilines is 1. The lowest BCUT2D eigenvalue weighted by atomic mass is 10.1. The number of nitrogens with one attached hydrogen (secondary N) is 1. The van der Waals surface area contributed by atoms with Gasteiger partial charge in [-0.1, -0.05) is 18.2 Å². The molecular formula is C15H16N2O4. The van der Waals surface area contributed by atoms with E-state index in [1.54, 1.807) is 24.1 Å². The molecule has 2 atom stereocenters. The molecular weight excluding hydrogens is 272 g/mol. The minimum atomic E-state index is -0.913. The van der Waals surface area contributed by atoms with E-state index in [0.717, 1.165) is 5.39 Å². The summed E-state index contributed by atoms with van der Waals surface area (Å²) in [5.41, 5.74) is -0.215. The van der Waals surface area contributed by atoms with E-state index in [9.17, 15) is 14.7 Å². The number of carboxylic acid groups (broad SMARTS) is 1. The molecule has 2 unspecified atom stereocenters. The van der Waals surface area contributed by atoms with E-state index in [0.29, 0.717) is 24.2 Å². The summed E-state index contributed by atoms with van der Waals surface area (Å²) in [4.78, 5) is 28.0. The van der Waals surface area contributed by atoms with Gasteiger partial charge in [0.05, 0.1) is 6.10 Å². The Morgan fingerprint density at radius 3 is 2.90 bits per heavy atom. The molecule has 2 aromatic rings. The smallest absolute Gasteiger partial charge is 0.326 e. The lowest BCUT2D eigenvalue weighted by Gasteiger charge is -2.23. The zero-order valence-electron chi connectivity index (χ0n) is 11.6. The fraction of sp³-hybridized carbons (Fsp3) is 0.333. The zero-order valence-corrected chi connectivity index (χ0v) is 11.6. The molecule has 1 saturated heterocycles. The van der Waals surface area contributed by atoms with Crippen molar-refractivity contribution in [3.8, 4) is 0 Å². The maximum atomic E-state index is 12.1. The van der Waals surface area contributed by atoms with Crippen molar-refractivity contribution in [2.24, 2.45) is 0 Å². The number of nitrogens with zero attached hydrogens (tertiary/aromatic N) is 1. The minimum Gasteiger partial charge on any atom is -0.480 e. The van der Waals surface area contributed by atoms with Crippen molar-refractivity contribution in [2.45, 2.75) is 18.6 Å². The van der Waals surface area contributed by atoms with Gasteiger partial charge in [0, 0.05) is 25.5 Å². The second-order valence-electron chi connectivity index (χ2n) is 5.17. The highest BCUT2D eigenvalue weighted by molar-refractivity contribution is 5.85. The highest BCUT2D eigenvalue weighted by Crippen LogP contribution is 2.26. The molecule has 1 aliphatic heterocycles. The van der Waals surface area contributed by atoms with Gasteiger partial charge in [-0.2, -0.15) is 0 Å². The van der Waals surface area contributed by atoms with E-state index >= 15 is 0 Å². The molecule has 0 amide bonds. The first kappa shape index (κ1) is 13.6. The van der Waals surface area contributed by atoms with Crippen molar-refractivity contribution in [3.05, 3.63) is 40.7 Å². The van der Waals surface area contributed by atoms with Crippen LogP contribution >= 0.6 is 0 Å². The molecule has 6 heteroatoms. The maximum Gasteiger partial charge on any atom is 0.326 e. The number of aliphatic carboxylic acids is 1. The summed E-state index contributed by atoms with van der Waals surface area (Å²) in [7, 11) is 1.57. The number of rotatable bonds is 3. The number of aromatic amines is 1. The number of H-pyrrole nitrogens is 1. The minimum absolute atomic E-state index is 0.152.